The van der Waals surface area contributed by atoms with Crippen molar-refractivity contribution >= 4 is 35.0 Å². The maximum atomic E-state index is 13.8. The zero-order valence-corrected chi connectivity index (χ0v) is 24.9. The van der Waals surface area contributed by atoms with Crippen LogP contribution < -0.4 is 14.6 Å². The highest BCUT2D eigenvalue weighted by molar-refractivity contribution is 6.33. The lowest BCUT2D eigenvalue weighted by Crippen LogP contribution is -2.44. The van der Waals surface area contributed by atoms with Gasteiger partial charge in [0.1, 0.15) is 11.5 Å². The van der Waals surface area contributed by atoms with Gasteiger partial charge in [-0.1, -0.05) is 45.9 Å². The van der Waals surface area contributed by atoms with Crippen LogP contribution in [0.4, 0.5) is 11.4 Å². The van der Waals surface area contributed by atoms with Crippen molar-refractivity contribution in [3.8, 4) is 11.5 Å². The quantitative estimate of drug-likeness (QED) is 0.314. The number of hydrogen-bond donors (Lipinski definition) is 1. The van der Waals surface area contributed by atoms with E-state index in [1.807, 2.05) is 50.3 Å². The van der Waals surface area contributed by atoms with Gasteiger partial charge in [0.25, 0.3) is 5.91 Å². The number of likely N-dealkylation sites (N-methyl/N-ethyl adjacent to an activating group) is 1. The first kappa shape index (κ1) is 29.1. The van der Waals surface area contributed by atoms with Crippen LogP contribution in [0.15, 0.2) is 77.4 Å². The lowest BCUT2D eigenvalue weighted by molar-refractivity contribution is -0.114. The summed E-state index contributed by atoms with van der Waals surface area (Å²) in [6.07, 6.45) is 1.91. The number of carbonyl (C=O) groups is 2. The molecule has 0 aliphatic carbocycles. The molecule has 8 heteroatoms. The zero-order chi connectivity index (χ0) is 30.0. The van der Waals surface area contributed by atoms with Crippen molar-refractivity contribution in [2.24, 2.45) is 11.0 Å². The van der Waals surface area contributed by atoms with Gasteiger partial charge in [0, 0.05) is 37.9 Å². The summed E-state index contributed by atoms with van der Waals surface area (Å²) in [6, 6.07) is 20.5. The zero-order valence-electron chi connectivity index (χ0n) is 24.9. The first-order chi connectivity index (χ1) is 20.1. The maximum Gasteiger partial charge on any atom is 0.335 e. The molecule has 1 N–H and O–H groups in total. The Morgan fingerprint density at radius 2 is 1.60 bits per heavy atom. The van der Waals surface area contributed by atoms with Crippen molar-refractivity contribution in [1.82, 2.24) is 4.90 Å². The van der Waals surface area contributed by atoms with E-state index in [9.17, 15) is 14.7 Å². The van der Waals surface area contributed by atoms with Gasteiger partial charge in [0.2, 0.25) is 0 Å². The van der Waals surface area contributed by atoms with E-state index < -0.39 is 5.97 Å². The minimum absolute atomic E-state index is 0.0173. The fraction of sp³-hybridized carbons (Fsp3) is 0.324. The third-order valence-electron chi connectivity index (χ3n) is 7.72. The van der Waals surface area contributed by atoms with Gasteiger partial charge in [-0.15, -0.1) is 0 Å². The molecule has 1 saturated heterocycles. The third-order valence-corrected chi connectivity index (χ3v) is 7.72. The van der Waals surface area contributed by atoms with Crippen LogP contribution in [0.25, 0.3) is 6.08 Å². The SMILES string of the molecule is CC(C)C1=NN(c2cccc(C(=O)O)c2)C(=O)/C1=C\c1ccc(Oc2ccc(C(C)C)cc2)cc1N1CCN(C)CC1. The molecule has 1 fully saturated rings. The number of hydrogen-bond acceptors (Lipinski definition) is 6. The number of amides is 1. The highest BCUT2D eigenvalue weighted by Gasteiger charge is 2.33. The summed E-state index contributed by atoms with van der Waals surface area (Å²) in [5.41, 5.74) is 4.84. The van der Waals surface area contributed by atoms with Crippen molar-refractivity contribution in [3.05, 3.63) is 89.0 Å². The van der Waals surface area contributed by atoms with E-state index in [4.69, 9.17) is 4.74 Å². The molecule has 42 heavy (non-hydrogen) atoms. The second-order valence-corrected chi connectivity index (χ2v) is 11.5. The largest absolute Gasteiger partial charge is 0.478 e. The molecule has 8 nitrogen and oxygen atoms in total. The van der Waals surface area contributed by atoms with Crippen LogP contribution >= 0.6 is 0 Å². The summed E-state index contributed by atoms with van der Waals surface area (Å²) in [5, 5.41) is 15.4. The van der Waals surface area contributed by atoms with Gasteiger partial charge in [0.05, 0.1) is 22.5 Å². The number of carbonyl (C=O) groups excluding carboxylic acids is 1. The number of rotatable bonds is 8. The van der Waals surface area contributed by atoms with Crippen molar-refractivity contribution < 1.29 is 19.4 Å². The standard InChI is InChI=1S/C34H38N4O4/c1-22(2)24-9-12-28(13-10-24)42-29-14-11-25(31(21-29)37-17-15-36(5)16-18-37)20-30-32(23(3)4)35-38(33(30)39)27-8-6-7-26(19-27)34(40)41/h6-14,19-23H,15-18H2,1-5H3,(H,40,41)/b30-20-. The van der Waals surface area contributed by atoms with Gasteiger partial charge in [-0.2, -0.15) is 10.1 Å². The smallest absolute Gasteiger partial charge is 0.335 e. The predicted molar refractivity (Wildman–Crippen MR) is 168 cm³/mol. The second kappa shape index (κ2) is 12.2. The summed E-state index contributed by atoms with van der Waals surface area (Å²) in [5.74, 6) is 0.597. The topological polar surface area (TPSA) is 85.7 Å². The Kier molecular flexibility index (Phi) is 8.45. The number of carboxylic acids is 1. The van der Waals surface area contributed by atoms with Gasteiger partial charge in [-0.3, -0.25) is 4.79 Å². The molecule has 2 aliphatic heterocycles. The monoisotopic (exact) mass is 566 g/mol. The molecule has 0 atom stereocenters. The number of hydrazone groups is 1. The predicted octanol–water partition coefficient (Wildman–Crippen LogP) is 6.49. The second-order valence-electron chi connectivity index (χ2n) is 11.5. The van der Waals surface area contributed by atoms with Gasteiger partial charge in [0.15, 0.2) is 0 Å². The van der Waals surface area contributed by atoms with Crippen molar-refractivity contribution in [3.63, 3.8) is 0 Å². The highest BCUT2D eigenvalue weighted by atomic mass is 16.5. The lowest BCUT2D eigenvalue weighted by atomic mass is 9.97. The Labute approximate surface area is 247 Å². The van der Waals surface area contributed by atoms with Crippen LogP contribution in [0.5, 0.6) is 11.5 Å². The molecule has 1 amide bonds. The lowest BCUT2D eigenvalue weighted by Gasteiger charge is -2.35. The Bertz CT molecular complexity index is 1530. The summed E-state index contributed by atoms with van der Waals surface area (Å²) in [7, 11) is 2.12. The number of anilines is 2. The number of piperazine rings is 1. The van der Waals surface area contributed by atoms with Crippen LogP contribution in [0.3, 0.4) is 0 Å². The Morgan fingerprint density at radius 1 is 0.905 bits per heavy atom. The first-order valence-electron chi connectivity index (χ1n) is 14.4. The van der Waals surface area contributed by atoms with Crippen LogP contribution in [0, 0.1) is 5.92 Å². The maximum absolute atomic E-state index is 13.8. The van der Waals surface area contributed by atoms with E-state index >= 15 is 0 Å². The molecule has 2 heterocycles. The molecule has 5 rings (SSSR count). The number of aromatic carboxylic acids is 1. The molecular weight excluding hydrogens is 528 g/mol. The first-order valence-corrected chi connectivity index (χ1v) is 14.4. The normalized spacial score (nSPS) is 17.0. The number of nitrogens with zero attached hydrogens (tertiary/aromatic N) is 4. The molecular formula is C34H38N4O4. The van der Waals surface area contributed by atoms with Crippen LogP contribution in [-0.4, -0.2) is 60.8 Å². The van der Waals surface area contributed by atoms with Crippen LogP contribution in [-0.2, 0) is 4.79 Å². The average molecular weight is 567 g/mol. The molecule has 0 spiro atoms. The van der Waals surface area contributed by atoms with Gasteiger partial charge < -0.3 is 19.6 Å². The van der Waals surface area contributed by atoms with Crippen molar-refractivity contribution in [2.45, 2.75) is 33.6 Å². The van der Waals surface area contributed by atoms with E-state index in [2.05, 4.69) is 47.9 Å². The molecule has 3 aromatic rings. The van der Waals surface area contributed by atoms with Crippen LogP contribution in [0.2, 0.25) is 0 Å². The average Bonchev–Trinajstić information content (AvgIpc) is 3.30. The van der Waals surface area contributed by atoms with Gasteiger partial charge >= 0.3 is 5.97 Å². The van der Waals surface area contributed by atoms with Gasteiger partial charge in [-0.05, 0) is 78.6 Å². The van der Waals surface area contributed by atoms with E-state index in [1.54, 1.807) is 12.1 Å². The number of carboxylic acid groups (broad SMARTS) is 1. The highest BCUT2D eigenvalue weighted by Crippen LogP contribution is 2.34. The number of benzene rings is 3. The minimum atomic E-state index is -1.05. The minimum Gasteiger partial charge on any atom is -0.478 e. The molecule has 3 aromatic carbocycles. The summed E-state index contributed by atoms with van der Waals surface area (Å²) < 4.78 is 6.27. The summed E-state index contributed by atoms with van der Waals surface area (Å²) in [4.78, 5) is 30.0. The molecule has 0 bridgehead atoms. The Morgan fingerprint density at radius 3 is 2.24 bits per heavy atom. The van der Waals surface area contributed by atoms with Crippen LogP contribution in [0.1, 0.15) is 55.1 Å². The third kappa shape index (κ3) is 6.24. The fourth-order valence-electron chi connectivity index (χ4n) is 5.18. The molecule has 0 aromatic heterocycles. The summed E-state index contributed by atoms with van der Waals surface area (Å²) in [6.45, 7) is 11.9. The van der Waals surface area contributed by atoms with Gasteiger partial charge in [-0.25, -0.2) is 4.79 Å². The van der Waals surface area contributed by atoms with E-state index in [-0.39, 0.29) is 17.4 Å². The van der Waals surface area contributed by atoms with E-state index in [1.165, 1.54) is 22.7 Å². The molecule has 2 aliphatic rings. The molecule has 0 radical (unpaired) electrons. The molecule has 0 unspecified atom stereocenters. The van der Waals surface area contributed by atoms with E-state index in [0.29, 0.717) is 22.9 Å². The molecule has 218 valence electrons. The Balaban J connectivity index is 1.51. The summed E-state index contributed by atoms with van der Waals surface area (Å²) >= 11 is 0. The number of ether oxygens (including phenoxy) is 1. The Hall–Kier alpha value is -4.43. The van der Waals surface area contributed by atoms with E-state index in [0.717, 1.165) is 48.9 Å². The van der Waals surface area contributed by atoms with Crippen molar-refractivity contribution in [2.75, 3.05) is 43.1 Å². The fourth-order valence-corrected chi connectivity index (χ4v) is 5.18. The van der Waals surface area contributed by atoms with Crippen molar-refractivity contribution in [1.29, 1.82) is 0 Å². The molecule has 0 saturated carbocycles.